The van der Waals surface area contributed by atoms with Crippen LogP contribution in [0, 0.1) is 6.92 Å². The molecule has 0 radical (unpaired) electrons. The van der Waals surface area contributed by atoms with Gasteiger partial charge in [0.15, 0.2) is 5.84 Å². The first-order valence-corrected chi connectivity index (χ1v) is 6.90. The summed E-state index contributed by atoms with van der Waals surface area (Å²) in [5.41, 5.74) is 3.59. The van der Waals surface area contributed by atoms with Crippen molar-refractivity contribution in [3.63, 3.8) is 0 Å². The van der Waals surface area contributed by atoms with Gasteiger partial charge in [-0.2, -0.15) is 0 Å². The van der Waals surface area contributed by atoms with E-state index in [9.17, 15) is 0 Å². The minimum atomic E-state index is 0.723. The highest BCUT2D eigenvalue weighted by molar-refractivity contribution is 6.01. The van der Waals surface area contributed by atoms with Gasteiger partial charge in [0.2, 0.25) is 0 Å². The van der Waals surface area contributed by atoms with E-state index in [1.165, 1.54) is 11.1 Å². The first-order chi connectivity index (χ1) is 9.79. The minimum absolute atomic E-state index is 0.723. The van der Waals surface area contributed by atoms with Crippen molar-refractivity contribution < 1.29 is 0 Å². The molecule has 1 aromatic carbocycles. The van der Waals surface area contributed by atoms with Crippen LogP contribution in [-0.2, 0) is 0 Å². The molecule has 0 amide bonds. The molecular formula is C18H20N2. The number of hydrogen-bond donors (Lipinski definition) is 0. The summed E-state index contributed by atoms with van der Waals surface area (Å²) in [6, 6.07) is 8.21. The number of aliphatic imine (C=N–C) groups is 2. The topological polar surface area (TPSA) is 24.7 Å². The molecule has 0 atom stereocenters. The Bertz CT molecular complexity index is 572. The molecule has 2 rings (SSSR count). The summed E-state index contributed by atoms with van der Waals surface area (Å²) in [7, 11) is 0. The van der Waals surface area contributed by atoms with Crippen LogP contribution in [0.4, 0.5) is 0 Å². The van der Waals surface area contributed by atoms with Crippen LogP contribution in [0.25, 0.3) is 0 Å². The molecule has 1 aliphatic carbocycles. The van der Waals surface area contributed by atoms with Crippen LogP contribution in [0.3, 0.4) is 0 Å². The van der Waals surface area contributed by atoms with E-state index < -0.39 is 0 Å². The molecular weight excluding hydrogens is 244 g/mol. The van der Waals surface area contributed by atoms with Crippen molar-refractivity contribution in [3.8, 4) is 0 Å². The number of hydrogen-bond acceptors (Lipinski definition) is 1. The second-order valence-electron chi connectivity index (χ2n) is 4.78. The van der Waals surface area contributed by atoms with E-state index in [2.05, 4.69) is 66.1 Å². The van der Waals surface area contributed by atoms with Crippen LogP contribution in [0.5, 0.6) is 0 Å². The van der Waals surface area contributed by atoms with E-state index in [0.717, 1.165) is 30.8 Å². The summed E-state index contributed by atoms with van der Waals surface area (Å²) in [5.74, 6) is 0.723. The largest absolute Gasteiger partial charge is 0.266 e. The zero-order valence-electron chi connectivity index (χ0n) is 11.9. The van der Waals surface area contributed by atoms with Crippen LogP contribution < -0.4 is 0 Å². The molecule has 102 valence electrons. The predicted octanol–water partition coefficient (Wildman–Crippen LogP) is 4.27. The SMILES string of the molecule is C=NC(=NCCC1=CCC=CC=C1)c1ccc(C)cc1. The molecule has 1 aromatic rings. The zero-order valence-corrected chi connectivity index (χ0v) is 11.9. The molecule has 0 aromatic heterocycles. The number of amidine groups is 1. The van der Waals surface area contributed by atoms with Gasteiger partial charge < -0.3 is 0 Å². The second-order valence-corrected chi connectivity index (χ2v) is 4.78. The van der Waals surface area contributed by atoms with Gasteiger partial charge in [-0.1, -0.05) is 60.2 Å². The Hall–Kier alpha value is -2.22. The number of nitrogens with zero attached hydrogens (tertiary/aromatic N) is 2. The highest BCUT2D eigenvalue weighted by Gasteiger charge is 2.00. The highest BCUT2D eigenvalue weighted by atomic mass is 14.9. The third-order valence-corrected chi connectivity index (χ3v) is 3.20. The average molecular weight is 264 g/mol. The first kappa shape index (κ1) is 14.2. The number of allylic oxidation sites excluding steroid dienone is 5. The maximum Gasteiger partial charge on any atom is 0.153 e. The van der Waals surface area contributed by atoms with Crippen LogP contribution in [0.15, 0.2) is 70.2 Å². The van der Waals surface area contributed by atoms with Crippen molar-refractivity contribution in [2.75, 3.05) is 6.54 Å². The van der Waals surface area contributed by atoms with E-state index in [0.29, 0.717) is 0 Å². The maximum atomic E-state index is 4.56. The molecule has 0 saturated carbocycles. The lowest BCUT2D eigenvalue weighted by atomic mass is 10.1. The molecule has 0 aliphatic heterocycles. The lowest BCUT2D eigenvalue weighted by molar-refractivity contribution is 0.965. The van der Waals surface area contributed by atoms with Gasteiger partial charge in [-0.3, -0.25) is 4.99 Å². The molecule has 20 heavy (non-hydrogen) atoms. The maximum absolute atomic E-state index is 4.56. The Kier molecular flexibility index (Phi) is 5.24. The normalized spacial score (nSPS) is 14.8. The fourth-order valence-corrected chi connectivity index (χ4v) is 2.04. The van der Waals surface area contributed by atoms with E-state index in [4.69, 9.17) is 0 Å². The van der Waals surface area contributed by atoms with E-state index in [-0.39, 0.29) is 0 Å². The van der Waals surface area contributed by atoms with Crippen LogP contribution in [0.1, 0.15) is 24.0 Å². The lowest BCUT2D eigenvalue weighted by Crippen LogP contribution is -1.99. The Balaban J connectivity index is 1.99. The molecule has 0 heterocycles. The van der Waals surface area contributed by atoms with E-state index in [1.54, 1.807) is 0 Å². The highest BCUT2D eigenvalue weighted by Crippen LogP contribution is 2.11. The fraction of sp³-hybridized carbons (Fsp3) is 0.222. The number of benzene rings is 1. The Morgan fingerprint density at radius 3 is 2.75 bits per heavy atom. The van der Waals surface area contributed by atoms with Gasteiger partial charge in [-0.25, -0.2) is 4.99 Å². The third-order valence-electron chi connectivity index (χ3n) is 3.20. The quantitative estimate of drug-likeness (QED) is 0.573. The van der Waals surface area contributed by atoms with Gasteiger partial charge in [0.25, 0.3) is 0 Å². The van der Waals surface area contributed by atoms with Gasteiger partial charge in [0.1, 0.15) is 0 Å². The summed E-state index contributed by atoms with van der Waals surface area (Å²) < 4.78 is 0. The number of rotatable bonds is 4. The summed E-state index contributed by atoms with van der Waals surface area (Å²) in [6.07, 6.45) is 12.6. The fourth-order valence-electron chi connectivity index (χ4n) is 2.04. The smallest absolute Gasteiger partial charge is 0.153 e. The van der Waals surface area contributed by atoms with Crippen molar-refractivity contribution in [3.05, 3.63) is 71.3 Å². The van der Waals surface area contributed by atoms with Crippen molar-refractivity contribution >= 4 is 12.6 Å². The molecule has 0 fully saturated rings. The summed E-state index contributed by atoms with van der Waals surface area (Å²) >= 11 is 0. The Labute approximate surface area is 121 Å². The molecule has 0 saturated heterocycles. The number of aryl methyl sites for hydroxylation is 1. The van der Waals surface area contributed by atoms with Crippen LogP contribution in [0.2, 0.25) is 0 Å². The molecule has 0 unspecified atom stereocenters. The standard InChI is InChI=1S/C18H20N2/c1-15-9-11-17(12-10-15)18(19-2)20-14-13-16-7-5-3-4-6-8-16/h3-5,7-12H,2,6,13-14H2,1H3. The van der Waals surface area contributed by atoms with Gasteiger partial charge >= 0.3 is 0 Å². The molecule has 0 bridgehead atoms. The first-order valence-electron chi connectivity index (χ1n) is 6.90. The molecule has 2 nitrogen and oxygen atoms in total. The summed E-state index contributed by atoms with van der Waals surface area (Å²) in [4.78, 5) is 8.60. The summed E-state index contributed by atoms with van der Waals surface area (Å²) in [5, 5.41) is 0. The van der Waals surface area contributed by atoms with Crippen LogP contribution >= 0.6 is 0 Å². The van der Waals surface area contributed by atoms with Gasteiger partial charge in [0, 0.05) is 12.1 Å². The van der Waals surface area contributed by atoms with Gasteiger partial charge in [0.05, 0.1) is 0 Å². The minimum Gasteiger partial charge on any atom is -0.266 e. The van der Waals surface area contributed by atoms with Crippen molar-refractivity contribution in [1.82, 2.24) is 0 Å². The van der Waals surface area contributed by atoms with Crippen molar-refractivity contribution in [2.45, 2.75) is 19.8 Å². The molecule has 2 heteroatoms. The Morgan fingerprint density at radius 1 is 1.20 bits per heavy atom. The second kappa shape index (κ2) is 7.39. The van der Waals surface area contributed by atoms with E-state index in [1.807, 2.05) is 12.1 Å². The van der Waals surface area contributed by atoms with Gasteiger partial charge in [-0.05, 0) is 32.1 Å². The van der Waals surface area contributed by atoms with Gasteiger partial charge in [-0.15, -0.1) is 0 Å². The Morgan fingerprint density at radius 2 is 2.00 bits per heavy atom. The summed E-state index contributed by atoms with van der Waals surface area (Å²) in [6.45, 7) is 6.43. The zero-order chi connectivity index (χ0) is 14.2. The molecule has 1 aliphatic rings. The average Bonchev–Trinajstić information content (AvgIpc) is 2.74. The van der Waals surface area contributed by atoms with Crippen molar-refractivity contribution in [2.24, 2.45) is 9.98 Å². The third kappa shape index (κ3) is 4.16. The van der Waals surface area contributed by atoms with E-state index >= 15 is 0 Å². The molecule has 0 spiro atoms. The lowest BCUT2D eigenvalue weighted by Gasteiger charge is -2.03. The monoisotopic (exact) mass is 264 g/mol. The predicted molar refractivity (Wildman–Crippen MR) is 87.7 cm³/mol. The van der Waals surface area contributed by atoms with Crippen molar-refractivity contribution in [1.29, 1.82) is 0 Å². The van der Waals surface area contributed by atoms with Crippen LogP contribution in [-0.4, -0.2) is 19.1 Å². The molecule has 0 N–H and O–H groups in total.